The predicted molar refractivity (Wildman–Crippen MR) is 121 cm³/mol. The minimum atomic E-state index is -0.794. The van der Waals surface area contributed by atoms with Crippen LogP contribution in [0.25, 0.3) is 0 Å². The largest absolute Gasteiger partial charge is 0.481 e. The molecule has 0 aliphatic rings. The third-order valence-electron chi connectivity index (χ3n) is 4.80. The van der Waals surface area contributed by atoms with E-state index in [1.807, 2.05) is 56.3 Å². The van der Waals surface area contributed by atoms with Gasteiger partial charge in [0, 0.05) is 18.5 Å². The highest BCUT2D eigenvalue weighted by molar-refractivity contribution is 5.94. The lowest BCUT2D eigenvalue weighted by atomic mass is 10.0. The minimum Gasteiger partial charge on any atom is -0.481 e. The van der Waals surface area contributed by atoms with Crippen LogP contribution in [0.4, 0.5) is 5.69 Å². The molecule has 7 nitrogen and oxygen atoms in total. The monoisotopic (exact) mass is 425 g/mol. The van der Waals surface area contributed by atoms with Crippen LogP contribution in [0.3, 0.4) is 0 Å². The Kier molecular flexibility index (Phi) is 8.61. The fourth-order valence-corrected chi connectivity index (χ4v) is 2.79. The Labute approximate surface area is 183 Å². The maximum atomic E-state index is 12.1. The quantitative estimate of drug-likeness (QED) is 0.561. The molecule has 2 aromatic rings. The number of carbonyl (C=O) groups is 3. The van der Waals surface area contributed by atoms with Crippen molar-refractivity contribution < 1.29 is 19.1 Å². The van der Waals surface area contributed by atoms with Crippen molar-refractivity contribution >= 4 is 23.4 Å². The molecule has 31 heavy (non-hydrogen) atoms. The number of aryl methyl sites for hydroxylation is 2. The van der Waals surface area contributed by atoms with Crippen molar-refractivity contribution in [2.75, 3.05) is 5.32 Å². The van der Waals surface area contributed by atoms with Crippen LogP contribution >= 0.6 is 0 Å². The van der Waals surface area contributed by atoms with E-state index in [0.29, 0.717) is 11.7 Å². The zero-order valence-electron chi connectivity index (χ0n) is 18.7. The Hall–Kier alpha value is -3.35. The molecule has 0 bridgehead atoms. The molecule has 0 unspecified atom stereocenters. The third-order valence-corrected chi connectivity index (χ3v) is 4.80. The first-order valence-corrected chi connectivity index (χ1v) is 10.4. The number of hydrogen-bond acceptors (Lipinski definition) is 4. The van der Waals surface area contributed by atoms with E-state index in [-0.39, 0.29) is 18.7 Å². The molecule has 1 atom stereocenters. The van der Waals surface area contributed by atoms with Crippen LogP contribution in [0.2, 0.25) is 0 Å². The molecule has 2 aromatic carbocycles. The van der Waals surface area contributed by atoms with Crippen LogP contribution < -0.4 is 20.9 Å². The third kappa shape index (κ3) is 7.77. The van der Waals surface area contributed by atoms with Gasteiger partial charge in [-0.3, -0.25) is 25.2 Å². The first-order chi connectivity index (χ1) is 14.7. The number of amides is 3. The Morgan fingerprint density at radius 2 is 1.52 bits per heavy atom. The number of carbonyl (C=O) groups excluding carboxylic acids is 3. The van der Waals surface area contributed by atoms with E-state index < -0.39 is 17.9 Å². The number of hydrogen-bond donors (Lipinski definition) is 3. The van der Waals surface area contributed by atoms with Gasteiger partial charge in [-0.2, -0.15) is 0 Å². The molecule has 7 heteroatoms. The maximum Gasteiger partial charge on any atom is 0.279 e. The summed E-state index contributed by atoms with van der Waals surface area (Å²) in [5.41, 5.74) is 8.53. The molecule has 2 rings (SSSR count). The van der Waals surface area contributed by atoms with Gasteiger partial charge in [-0.15, -0.1) is 0 Å². The summed E-state index contributed by atoms with van der Waals surface area (Å²) in [6.45, 7) is 9.63. The molecule has 0 heterocycles. The van der Waals surface area contributed by atoms with Crippen molar-refractivity contribution in [3.63, 3.8) is 0 Å². The highest BCUT2D eigenvalue weighted by Gasteiger charge is 2.16. The topological polar surface area (TPSA) is 96.5 Å². The lowest BCUT2D eigenvalue weighted by molar-refractivity contribution is -0.133. The molecule has 0 saturated carbocycles. The lowest BCUT2D eigenvalue weighted by Gasteiger charge is -2.16. The van der Waals surface area contributed by atoms with Gasteiger partial charge in [0.1, 0.15) is 5.75 Å². The van der Waals surface area contributed by atoms with Gasteiger partial charge in [-0.1, -0.05) is 38.1 Å². The smallest absolute Gasteiger partial charge is 0.279 e. The summed E-state index contributed by atoms with van der Waals surface area (Å²) in [5, 5.41) is 2.80. The molecule has 0 fully saturated rings. The highest BCUT2D eigenvalue weighted by Crippen LogP contribution is 2.19. The predicted octanol–water partition coefficient (Wildman–Crippen LogP) is 3.76. The van der Waals surface area contributed by atoms with Crippen LogP contribution in [0.1, 0.15) is 56.2 Å². The second-order valence-electron chi connectivity index (χ2n) is 7.89. The Bertz CT molecular complexity index is 923. The van der Waals surface area contributed by atoms with Crippen LogP contribution in [0, 0.1) is 13.8 Å². The van der Waals surface area contributed by atoms with E-state index in [9.17, 15) is 14.4 Å². The molecule has 3 amide bonds. The van der Waals surface area contributed by atoms with E-state index in [4.69, 9.17) is 4.74 Å². The fourth-order valence-electron chi connectivity index (χ4n) is 2.79. The summed E-state index contributed by atoms with van der Waals surface area (Å²) >= 11 is 0. The number of rotatable bonds is 8. The molecular formula is C24H31N3O4. The zero-order chi connectivity index (χ0) is 23.0. The van der Waals surface area contributed by atoms with Crippen molar-refractivity contribution in [2.24, 2.45) is 0 Å². The second kappa shape index (κ2) is 11.2. The van der Waals surface area contributed by atoms with Crippen LogP contribution in [0.5, 0.6) is 5.75 Å². The molecule has 0 spiro atoms. The Balaban J connectivity index is 1.72. The molecule has 0 aliphatic carbocycles. The van der Waals surface area contributed by atoms with Crippen LogP contribution in [0.15, 0.2) is 42.5 Å². The number of nitrogens with one attached hydrogen (secondary N) is 3. The van der Waals surface area contributed by atoms with Crippen LogP contribution in [-0.4, -0.2) is 23.8 Å². The highest BCUT2D eigenvalue weighted by atomic mass is 16.5. The van der Waals surface area contributed by atoms with Gasteiger partial charge in [0.2, 0.25) is 11.8 Å². The summed E-state index contributed by atoms with van der Waals surface area (Å²) in [6.07, 6.45) is -0.843. The van der Waals surface area contributed by atoms with Crippen molar-refractivity contribution in [1.82, 2.24) is 10.9 Å². The summed E-state index contributed by atoms with van der Waals surface area (Å²) in [6, 6.07) is 13.3. The second-order valence-corrected chi connectivity index (χ2v) is 7.89. The standard InChI is InChI=1S/C24H31N3O4/c1-15(2)19-8-10-20(11-9-19)31-18(5)24(30)27-26-23(29)13-12-22(28)25-21-14-16(3)6-7-17(21)4/h6-11,14-15,18H,12-13H2,1-5H3,(H,25,28)(H,26,29)(H,27,30)/t18-/m1/s1. The van der Waals surface area contributed by atoms with E-state index in [2.05, 4.69) is 30.0 Å². The average Bonchev–Trinajstić information content (AvgIpc) is 2.73. The van der Waals surface area contributed by atoms with Gasteiger partial charge in [-0.05, 0) is 61.6 Å². The van der Waals surface area contributed by atoms with Crippen molar-refractivity contribution in [1.29, 1.82) is 0 Å². The van der Waals surface area contributed by atoms with E-state index in [1.165, 1.54) is 5.56 Å². The van der Waals surface area contributed by atoms with E-state index in [0.717, 1.165) is 16.8 Å². The average molecular weight is 426 g/mol. The van der Waals surface area contributed by atoms with Crippen LogP contribution in [-0.2, 0) is 14.4 Å². The van der Waals surface area contributed by atoms with Crippen molar-refractivity contribution in [2.45, 2.75) is 59.5 Å². The summed E-state index contributed by atoms with van der Waals surface area (Å²) in [7, 11) is 0. The number of ether oxygens (including phenoxy) is 1. The number of hydrazine groups is 1. The molecule has 0 aromatic heterocycles. The van der Waals surface area contributed by atoms with Gasteiger partial charge in [0.05, 0.1) is 0 Å². The zero-order valence-corrected chi connectivity index (χ0v) is 18.7. The van der Waals surface area contributed by atoms with Crippen molar-refractivity contribution in [3.05, 3.63) is 59.2 Å². The lowest BCUT2D eigenvalue weighted by Crippen LogP contribution is -2.47. The molecule has 3 N–H and O–H groups in total. The van der Waals surface area contributed by atoms with E-state index >= 15 is 0 Å². The SMILES string of the molecule is Cc1ccc(C)c(NC(=O)CCC(=O)NNC(=O)[C@@H](C)Oc2ccc(C(C)C)cc2)c1. The van der Waals surface area contributed by atoms with E-state index in [1.54, 1.807) is 6.92 Å². The van der Waals surface area contributed by atoms with Gasteiger partial charge in [0.25, 0.3) is 5.91 Å². The molecule has 0 saturated heterocycles. The van der Waals surface area contributed by atoms with Gasteiger partial charge >= 0.3 is 0 Å². The maximum absolute atomic E-state index is 12.1. The first kappa shape index (κ1) is 23.9. The summed E-state index contributed by atoms with van der Waals surface area (Å²) in [4.78, 5) is 36.2. The summed E-state index contributed by atoms with van der Waals surface area (Å²) in [5.74, 6) is -0.231. The molecule has 0 aliphatic heterocycles. The number of anilines is 1. The minimum absolute atomic E-state index is 0.00331. The van der Waals surface area contributed by atoms with Gasteiger partial charge in [0.15, 0.2) is 6.10 Å². The Morgan fingerprint density at radius 3 is 2.16 bits per heavy atom. The molecular weight excluding hydrogens is 394 g/mol. The molecule has 166 valence electrons. The fraction of sp³-hybridized carbons (Fsp3) is 0.375. The van der Waals surface area contributed by atoms with Crippen molar-refractivity contribution in [3.8, 4) is 5.75 Å². The normalized spacial score (nSPS) is 11.5. The first-order valence-electron chi connectivity index (χ1n) is 10.4. The Morgan fingerprint density at radius 1 is 0.871 bits per heavy atom. The number of benzene rings is 2. The van der Waals surface area contributed by atoms with Gasteiger partial charge in [-0.25, -0.2) is 0 Å². The summed E-state index contributed by atoms with van der Waals surface area (Å²) < 4.78 is 5.60. The van der Waals surface area contributed by atoms with Gasteiger partial charge < -0.3 is 10.1 Å². The molecule has 0 radical (unpaired) electrons.